The van der Waals surface area contributed by atoms with E-state index in [2.05, 4.69) is 9.84 Å². The van der Waals surface area contributed by atoms with Crippen molar-refractivity contribution >= 4 is 5.97 Å². The zero-order valence-corrected chi connectivity index (χ0v) is 11.1. The molecule has 0 radical (unpaired) electrons. The van der Waals surface area contributed by atoms with Gasteiger partial charge in [-0.15, -0.1) is 0 Å². The van der Waals surface area contributed by atoms with Crippen LogP contribution in [0, 0.1) is 0 Å². The standard InChI is InChI=1S/C10H8F8N2O3/c1-23-3-2-20-5(7(21)22)4(9(13,14)15)6(19-20)8(11,12)10(16,17)18/h2-3H2,1H3,(H,21,22). The van der Waals surface area contributed by atoms with Crippen LogP contribution in [0.3, 0.4) is 0 Å². The van der Waals surface area contributed by atoms with Crippen molar-refractivity contribution in [3.05, 3.63) is 17.0 Å². The molecule has 1 aromatic heterocycles. The first-order valence-corrected chi connectivity index (χ1v) is 5.60. The molecule has 0 fully saturated rings. The van der Waals surface area contributed by atoms with Gasteiger partial charge in [-0.3, -0.25) is 4.68 Å². The molecule has 13 heteroatoms. The SMILES string of the molecule is COCCn1nc(C(F)(F)C(F)(F)F)c(C(F)(F)F)c1C(=O)O. The first kappa shape index (κ1) is 19.1. The van der Waals surface area contributed by atoms with Crippen LogP contribution >= 0.6 is 0 Å². The summed E-state index contributed by atoms with van der Waals surface area (Å²) in [5, 5.41) is 11.3. The zero-order valence-electron chi connectivity index (χ0n) is 11.1. The average molecular weight is 356 g/mol. The highest BCUT2D eigenvalue weighted by Crippen LogP contribution is 2.48. The molecule has 0 aliphatic heterocycles. The number of nitrogens with zero attached hydrogens (tertiary/aromatic N) is 2. The topological polar surface area (TPSA) is 64.4 Å². The molecular formula is C10H8F8N2O3. The first-order chi connectivity index (χ1) is 10.2. The summed E-state index contributed by atoms with van der Waals surface area (Å²) in [5.74, 6) is -8.34. The minimum absolute atomic E-state index is 0.107. The van der Waals surface area contributed by atoms with E-state index in [0.717, 1.165) is 7.11 Å². The molecule has 0 aliphatic rings. The number of aromatic nitrogens is 2. The number of carboxylic acids is 1. The maximum absolute atomic E-state index is 13.3. The molecule has 0 aromatic carbocycles. The van der Waals surface area contributed by atoms with E-state index in [4.69, 9.17) is 5.11 Å². The molecular weight excluding hydrogens is 348 g/mol. The van der Waals surface area contributed by atoms with E-state index in [0.29, 0.717) is 0 Å². The van der Waals surface area contributed by atoms with Gasteiger partial charge >= 0.3 is 24.2 Å². The summed E-state index contributed by atoms with van der Waals surface area (Å²) in [6.45, 7) is -1.23. The minimum Gasteiger partial charge on any atom is -0.477 e. The number of alkyl halides is 8. The summed E-state index contributed by atoms with van der Waals surface area (Å²) in [4.78, 5) is 10.9. The Hall–Kier alpha value is -1.92. The van der Waals surface area contributed by atoms with Crippen molar-refractivity contribution in [2.45, 2.75) is 24.8 Å². The number of methoxy groups -OCH3 is 1. The van der Waals surface area contributed by atoms with Crippen molar-refractivity contribution in [1.82, 2.24) is 9.78 Å². The summed E-state index contributed by atoms with van der Waals surface area (Å²) >= 11 is 0. The van der Waals surface area contributed by atoms with Crippen molar-refractivity contribution in [2.24, 2.45) is 0 Å². The number of hydrogen-bond donors (Lipinski definition) is 1. The van der Waals surface area contributed by atoms with Gasteiger partial charge in [0.2, 0.25) is 0 Å². The van der Waals surface area contributed by atoms with E-state index in [1.165, 1.54) is 0 Å². The molecule has 0 spiro atoms. The second-order valence-electron chi connectivity index (χ2n) is 4.16. The minimum atomic E-state index is -6.39. The van der Waals surface area contributed by atoms with Crippen LogP contribution in [0.1, 0.15) is 21.7 Å². The number of halogens is 8. The van der Waals surface area contributed by atoms with Gasteiger partial charge in [0.1, 0.15) is 5.56 Å². The maximum Gasteiger partial charge on any atom is 0.459 e. The molecule has 1 N–H and O–H groups in total. The molecule has 0 saturated heterocycles. The molecule has 132 valence electrons. The summed E-state index contributed by atoms with van der Waals surface area (Å²) in [5.41, 5.74) is -7.19. The number of aromatic carboxylic acids is 1. The number of ether oxygens (including phenoxy) is 1. The lowest BCUT2D eigenvalue weighted by atomic mass is 10.1. The fraction of sp³-hybridized carbons (Fsp3) is 0.600. The van der Waals surface area contributed by atoms with Gasteiger partial charge < -0.3 is 9.84 Å². The Morgan fingerprint density at radius 3 is 2.04 bits per heavy atom. The Bertz CT molecular complexity index is 590. The van der Waals surface area contributed by atoms with Crippen molar-refractivity contribution in [3.63, 3.8) is 0 Å². The molecule has 1 rings (SSSR count). The van der Waals surface area contributed by atoms with Crippen molar-refractivity contribution in [3.8, 4) is 0 Å². The lowest BCUT2D eigenvalue weighted by Crippen LogP contribution is -2.36. The lowest BCUT2D eigenvalue weighted by molar-refractivity contribution is -0.292. The largest absolute Gasteiger partial charge is 0.477 e. The highest BCUT2D eigenvalue weighted by molar-refractivity contribution is 5.88. The Balaban J connectivity index is 3.73. The van der Waals surface area contributed by atoms with Gasteiger partial charge in [0.15, 0.2) is 11.4 Å². The summed E-state index contributed by atoms with van der Waals surface area (Å²) in [6.07, 6.45) is -12.2. The Morgan fingerprint density at radius 2 is 1.70 bits per heavy atom. The van der Waals surface area contributed by atoms with Gasteiger partial charge in [0.05, 0.1) is 13.2 Å². The van der Waals surface area contributed by atoms with Crippen LogP contribution in [0.5, 0.6) is 0 Å². The van der Waals surface area contributed by atoms with Crippen LogP contribution in [0.25, 0.3) is 0 Å². The Kier molecular flexibility index (Phi) is 4.94. The van der Waals surface area contributed by atoms with E-state index in [-0.39, 0.29) is 4.68 Å². The predicted molar refractivity (Wildman–Crippen MR) is 56.0 cm³/mol. The lowest BCUT2D eigenvalue weighted by Gasteiger charge is -2.19. The second kappa shape index (κ2) is 5.94. The summed E-state index contributed by atoms with van der Waals surface area (Å²) in [6, 6.07) is 0. The van der Waals surface area contributed by atoms with Crippen LogP contribution in [-0.2, 0) is 23.4 Å². The van der Waals surface area contributed by atoms with E-state index < -0.39 is 54.3 Å². The van der Waals surface area contributed by atoms with E-state index in [1.54, 1.807) is 0 Å². The Labute approximate surface area is 122 Å². The van der Waals surface area contributed by atoms with Gasteiger partial charge in [0, 0.05) is 7.11 Å². The average Bonchev–Trinajstić information content (AvgIpc) is 2.74. The maximum atomic E-state index is 13.3. The molecule has 0 atom stereocenters. The molecule has 0 unspecified atom stereocenters. The van der Waals surface area contributed by atoms with E-state index in [9.17, 15) is 39.9 Å². The number of rotatable bonds is 5. The van der Waals surface area contributed by atoms with E-state index in [1.807, 2.05) is 0 Å². The van der Waals surface area contributed by atoms with Gasteiger partial charge in [-0.25, -0.2) is 4.79 Å². The molecule has 0 aliphatic carbocycles. The van der Waals surface area contributed by atoms with Crippen LogP contribution in [0.4, 0.5) is 35.1 Å². The smallest absolute Gasteiger partial charge is 0.459 e. The fourth-order valence-electron chi connectivity index (χ4n) is 1.64. The predicted octanol–water partition coefficient (Wildman–Crippen LogP) is 2.90. The molecule has 0 amide bonds. The third-order valence-corrected chi connectivity index (χ3v) is 2.60. The van der Waals surface area contributed by atoms with Crippen molar-refractivity contribution in [2.75, 3.05) is 13.7 Å². The fourth-order valence-corrected chi connectivity index (χ4v) is 1.64. The van der Waals surface area contributed by atoms with E-state index >= 15 is 0 Å². The third kappa shape index (κ3) is 3.54. The number of hydrogen-bond acceptors (Lipinski definition) is 3. The van der Waals surface area contributed by atoms with Crippen molar-refractivity contribution in [1.29, 1.82) is 0 Å². The highest BCUT2D eigenvalue weighted by atomic mass is 19.4. The normalized spacial score (nSPS) is 13.4. The summed E-state index contributed by atoms with van der Waals surface area (Å²) in [7, 11) is 1.06. The quantitative estimate of drug-likeness (QED) is 0.824. The van der Waals surface area contributed by atoms with Crippen LogP contribution in [0.15, 0.2) is 0 Å². The van der Waals surface area contributed by atoms with Gasteiger partial charge in [-0.2, -0.15) is 40.2 Å². The monoisotopic (exact) mass is 356 g/mol. The molecule has 5 nitrogen and oxygen atoms in total. The highest BCUT2D eigenvalue weighted by Gasteiger charge is 2.64. The van der Waals surface area contributed by atoms with Crippen LogP contribution < -0.4 is 0 Å². The first-order valence-electron chi connectivity index (χ1n) is 5.60. The van der Waals surface area contributed by atoms with Gasteiger partial charge in [-0.05, 0) is 0 Å². The van der Waals surface area contributed by atoms with Gasteiger partial charge in [0.25, 0.3) is 0 Å². The number of carboxylic acid groups (broad SMARTS) is 1. The second-order valence-corrected chi connectivity index (χ2v) is 4.16. The molecule has 23 heavy (non-hydrogen) atoms. The van der Waals surface area contributed by atoms with Gasteiger partial charge in [-0.1, -0.05) is 0 Å². The third-order valence-electron chi connectivity index (χ3n) is 2.60. The van der Waals surface area contributed by atoms with Crippen molar-refractivity contribution < 1.29 is 49.8 Å². The Morgan fingerprint density at radius 1 is 1.17 bits per heavy atom. The molecule has 0 bridgehead atoms. The van der Waals surface area contributed by atoms with Crippen LogP contribution in [-0.4, -0.2) is 40.7 Å². The molecule has 1 heterocycles. The summed E-state index contributed by atoms with van der Waals surface area (Å²) < 4.78 is 107. The zero-order chi connectivity index (χ0) is 18.2. The molecule has 0 saturated carbocycles. The van der Waals surface area contributed by atoms with Crippen LogP contribution in [0.2, 0.25) is 0 Å². The number of carbonyl (C=O) groups is 1. The molecule has 1 aromatic rings.